The lowest BCUT2D eigenvalue weighted by Crippen LogP contribution is -2.22. The Bertz CT molecular complexity index is 1270. The van der Waals surface area contributed by atoms with Crippen molar-refractivity contribution in [1.82, 2.24) is 4.57 Å². The van der Waals surface area contributed by atoms with Gasteiger partial charge >= 0.3 is 5.97 Å². The minimum atomic E-state index is -0.605. The molecule has 0 unspecified atom stereocenters. The van der Waals surface area contributed by atoms with Gasteiger partial charge in [-0.05, 0) is 30.3 Å². The fraction of sp³-hybridized carbons (Fsp3) is 0.0435. The summed E-state index contributed by atoms with van der Waals surface area (Å²) in [5.74, 6) is -0.0264. The molecule has 5 nitrogen and oxygen atoms in total. The molecule has 0 radical (unpaired) electrons. The molecule has 0 spiro atoms. The number of halogens is 1. The second-order valence-corrected chi connectivity index (χ2v) is 6.72. The highest BCUT2D eigenvalue weighted by molar-refractivity contribution is 6.30. The van der Waals surface area contributed by atoms with E-state index in [2.05, 4.69) is 0 Å². The molecule has 4 aromatic rings. The molecule has 6 heteroatoms. The van der Waals surface area contributed by atoms with Gasteiger partial charge in [-0.2, -0.15) is 0 Å². The van der Waals surface area contributed by atoms with E-state index >= 15 is 0 Å². The Morgan fingerprint density at radius 2 is 1.59 bits per heavy atom. The molecule has 4 rings (SSSR count). The van der Waals surface area contributed by atoms with Crippen LogP contribution in [0.1, 0.15) is 10.4 Å². The Kier molecular flexibility index (Phi) is 5.06. The SMILES string of the molecule is COc1cc(Cl)ccc1OC(=O)c1cn(-c2ccccc2)c(=O)c2ccccc12. The van der Waals surface area contributed by atoms with Crippen LogP contribution in [-0.4, -0.2) is 17.6 Å². The third kappa shape index (κ3) is 3.60. The number of fused-ring (bicyclic) bond motifs is 1. The summed E-state index contributed by atoms with van der Waals surface area (Å²) in [4.78, 5) is 26.0. The van der Waals surface area contributed by atoms with Crippen molar-refractivity contribution in [3.05, 3.63) is 99.9 Å². The highest BCUT2D eigenvalue weighted by Gasteiger charge is 2.19. The Hall–Kier alpha value is -3.57. The normalized spacial score (nSPS) is 10.7. The fourth-order valence-corrected chi connectivity index (χ4v) is 3.28. The summed E-state index contributed by atoms with van der Waals surface area (Å²) in [6, 6.07) is 20.8. The summed E-state index contributed by atoms with van der Waals surface area (Å²) in [7, 11) is 1.47. The number of para-hydroxylation sites is 1. The second kappa shape index (κ2) is 7.81. The third-order valence-electron chi connectivity index (χ3n) is 4.51. The Labute approximate surface area is 171 Å². The van der Waals surface area contributed by atoms with Crippen LogP contribution in [0.15, 0.2) is 83.8 Å². The maximum absolute atomic E-state index is 13.0. The molecule has 0 amide bonds. The maximum Gasteiger partial charge on any atom is 0.345 e. The molecular weight excluding hydrogens is 390 g/mol. The predicted octanol–water partition coefficient (Wildman–Crippen LogP) is 4.87. The quantitative estimate of drug-likeness (QED) is 0.359. The lowest BCUT2D eigenvalue weighted by molar-refractivity contribution is 0.0731. The van der Waals surface area contributed by atoms with E-state index in [1.807, 2.05) is 18.2 Å². The number of aromatic nitrogens is 1. The first kappa shape index (κ1) is 18.8. The molecule has 144 valence electrons. The van der Waals surface area contributed by atoms with Crippen molar-refractivity contribution in [2.45, 2.75) is 0 Å². The summed E-state index contributed by atoms with van der Waals surface area (Å²) in [6.45, 7) is 0. The zero-order valence-electron chi connectivity index (χ0n) is 15.5. The van der Waals surface area contributed by atoms with Gasteiger partial charge in [-0.1, -0.05) is 48.0 Å². The summed E-state index contributed by atoms with van der Waals surface area (Å²) < 4.78 is 12.3. The van der Waals surface area contributed by atoms with E-state index in [1.54, 1.807) is 54.6 Å². The van der Waals surface area contributed by atoms with Crippen molar-refractivity contribution in [2.24, 2.45) is 0 Å². The van der Waals surface area contributed by atoms with Crippen molar-refractivity contribution in [3.8, 4) is 17.2 Å². The predicted molar refractivity (Wildman–Crippen MR) is 113 cm³/mol. The van der Waals surface area contributed by atoms with E-state index < -0.39 is 5.97 Å². The average molecular weight is 406 g/mol. The van der Waals surface area contributed by atoms with Crippen molar-refractivity contribution in [1.29, 1.82) is 0 Å². The summed E-state index contributed by atoms with van der Waals surface area (Å²) >= 11 is 5.97. The minimum Gasteiger partial charge on any atom is -0.493 e. The average Bonchev–Trinajstić information content (AvgIpc) is 2.76. The number of methoxy groups -OCH3 is 1. The molecule has 3 aromatic carbocycles. The van der Waals surface area contributed by atoms with Gasteiger partial charge in [0.2, 0.25) is 0 Å². The smallest absolute Gasteiger partial charge is 0.345 e. The van der Waals surface area contributed by atoms with Gasteiger partial charge < -0.3 is 9.47 Å². The van der Waals surface area contributed by atoms with Gasteiger partial charge in [0.25, 0.3) is 5.56 Å². The molecule has 1 aromatic heterocycles. The molecule has 0 N–H and O–H groups in total. The van der Waals surface area contributed by atoms with Crippen LogP contribution in [0.4, 0.5) is 0 Å². The Balaban J connectivity index is 1.86. The monoisotopic (exact) mass is 405 g/mol. The van der Waals surface area contributed by atoms with Crippen molar-refractivity contribution in [2.75, 3.05) is 7.11 Å². The first-order chi connectivity index (χ1) is 14.1. The van der Waals surface area contributed by atoms with E-state index in [9.17, 15) is 9.59 Å². The van der Waals surface area contributed by atoms with Gasteiger partial charge in [-0.3, -0.25) is 9.36 Å². The first-order valence-electron chi connectivity index (χ1n) is 8.84. The van der Waals surface area contributed by atoms with Gasteiger partial charge in [0.1, 0.15) is 0 Å². The number of carbonyl (C=O) groups is 1. The van der Waals surface area contributed by atoms with Crippen LogP contribution in [0.3, 0.4) is 0 Å². The zero-order valence-corrected chi connectivity index (χ0v) is 16.2. The lowest BCUT2D eigenvalue weighted by Gasteiger charge is -2.13. The second-order valence-electron chi connectivity index (χ2n) is 6.28. The summed E-state index contributed by atoms with van der Waals surface area (Å²) in [6.07, 6.45) is 1.50. The van der Waals surface area contributed by atoms with Crippen LogP contribution in [0.25, 0.3) is 16.5 Å². The largest absolute Gasteiger partial charge is 0.493 e. The molecule has 0 bridgehead atoms. The highest BCUT2D eigenvalue weighted by Crippen LogP contribution is 2.31. The number of benzene rings is 3. The third-order valence-corrected chi connectivity index (χ3v) is 4.74. The molecular formula is C23H16ClNO4. The highest BCUT2D eigenvalue weighted by atomic mass is 35.5. The minimum absolute atomic E-state index is 0.215. The van der Waals surface area contributed by atoms with Crippen LogP contribution >= 0.6 is 11.6 Å². The standard InChI is InChI=1S/C23H16ClNO4/c1-28-21-13-15(24)11-12-20(21)29-23(27)19-14-25(16-7-3-2-4-8-16)22(26)18-10-6-5-9-17(18)19/h2-14H,1H3. The molecule has 0 saturated heterocycles. The number of hydrogen-bond acceptors (Lipinski definition) is 4. The number of esters is 1. The summed E-state index contributed by atoms with van der Waals surface area (Å²) in [5.41, 5.74) is 0.704. The van der Waals surface area contributed by atoms with Gasteiger partial charge in [0.05, 0.1) is 12.7 Å². The van der Waals surface area contributed by atoms with Crippen LogP contribution in [-0.2, 0) is 0 Å². The van der Waals surface area contributed by atoms with E-state index in [1.165, 1.54) is 17.9 Å². The molecule has 29 heavy (non-hydrogen) atoms. The molecule has 0 atom stereocenters. The molecule has 0 fully saturated rings. The van der Waals surface area contributed by atoms with E-state index in [0.29, 0.717) is 27.2 Å². The first-order valence-corrected chi connectivity index (χ1v) is 9.22. The molecule has 0 aliphatic rings. The number of pyridine rings is 1. The van der Waals surface area contributed by atoms with E-state index in [4.69, 9.17) is 21.1 Å². The van der Waals surface area contributed by atoms with Crippen LogP contribution < -0.4 is 15.0 Å². The van der Waals surface area contributed by atoms with Crippen molar-refractivity contribution >= 4 is 28.3 Å². The van der Waals surface area contributed by atoms with Gasteiger partial charge in [0, 0.05) is 33.7 Å². The van der Waals surface area contributed by atoms with Crippen LogP contribution in [0.2, 0.25) is 5.02 Å². The number of rotatable bonds is 4. The number of hydrogen-bond donors (Lipinski definition) is 0. The molecule has 0 aliphatic heterocycles. The number of nitrogens with zero attached hydrogens (tertiary/aromatic N) is 1. The fourth-order valence-electron chi connectivity index (χ4n) is 3.12. The molecule has 1 heterocycles. The molecule has 0 saturated carbocycles. The Morgan fingerprint density at radius 1 is 0.897 bits per heavy atom. The Morgan fingerprint density at radius 3 is 2.31 bits per heavy atom. The lowest BCUT2D eigenvalue weighted by atomic mass is 10.1. The zero-order chi connectivity index (χ0) is 20.4. The van der Waals surface area contributed by atoms with E-state index in [0.717, 1.165) is 0 Å². The topological polar surface area (TPSA) is 57.5 Å². The van der Waals surface area contributed by atoms with Gasteiger partial charge in [-0.15, -0.1) is 0 Å². The molecule has 0 aliphatic carbocycles. The van der Waals surface area contributed by atoms with Crippen LogP contribution in [0, 0.1) is 0 Å². The van der Waals surface area contributed by atoms with Gasteiger partial charge in [0.15, 0.2) is 11.5 Å². The van der Waals surface area contributed by atoms with E-state index in [-0.39, 0.29) is 16.9 Å². The van der Waals surface area contributed by atoms with Crippen molar-refractivity contribution in [3.63, 3.8) is 0 Å². The van der Waals surface area contributed by atoms with Gasteiger partial charge in [-0.25, -0.2) is 4.79 Å². The van der Waals surface area contributed by atoms with Crippen molar-refractivity contribution < 1.29 is 14.3 Å². The number of ether oxygens (including phenoxy) is 2. The van der Waals surface area contributed by atoms with Crippen LogP contribution in [0.5, 0.6) is 11.5 Å². The maximum atomic E-state index is 13.0. The summed E-state index contributed by atoms with van der Waals surface area (Å²) in [5, 5.41) is 1.40. The number of carbonyl (C=O) groups excluding carboxylic acids is 1.